The third kappa shape index (κ3) is 8.42. The van der Waals surface area contributed by atoms with E-state index in [0.29, 0.717) is 18.5 Å². The van der Waals surface area contributed by atoms with Crippen LogP contribution in [0.2, 0.25) is 0 Å². The van der Waals surface area contributed by atoms with E-state index in [1.807, 2.05) is 6.92 Å². The average molecular weight is 436 g/mol. The summed E-state index contributed by atoms with van der Waals surface area (Å²) < 4.78 is 35.1. The largest absolute Gasteiger partial charge is 0.445 e. The fraction of sp³-hybridized carbons (Fsp3) is 0.409. The molecule has 8 heteroatoms. The predicted octanol–water partition coefficient (Wildman–Crippen LogP) is 3.93. The minimum Gasteiger partial charge on any atom is -0.445 e. The van der Waals surface area contributed by atoms with Crippen LogP contribution in [0.3, 0.4) is 0 Å². The number of nitrogens with one attached hydrogen (secondary N) is 1. The predicted molar refractivity (Wildman–Crippen MR) is 114 cm³/mol. The lowest BCUT2D eigenvalue weighted by Gasteiger charge is -2.16. The van der Waals surface area contributed by atoms with Gasteiger partial charge in [0.25, 0.3) is 0 Å². The van der Waals surface area contributed by atoms with Crippen molar-refractivity contribution in [3.05, 3.63) is 59.7 Å². The molecule has 2 aromatic rings. The molecule has 0 aliphatic carbocycles. The molecule has 164 valence electrons. The van der Waals surface area contributed by atoms with E-state index < -0.39 is 21.8 Å². The summed E-state index contributed by atoms with van der Waals surface area (Å²) in [4.78, 5) is 11.9. The van der Waals surface area contributed by atoms with Crippen LogP contribution in [0.15, 0.2) is 53.4 Å². The van der Waals surface area contributed by atoms with E-state index in [2.05, 4.69) is 5.32 Å². The highest BCUT2D eigenvalue weighted by molar-refractivity contribution is 7.87. The van der Waals surface area contributed by atoms with Gasteiger partial charge in [-0.1, -0.05) is 29.8 Å². The first-order valence-corrected chi connectivity index (χ1v) is 11.2. The van der Waals surface area contributed by atoms with Crippen molar-refractivity contribution in [2.75, 3.05) is 6.54 Å². The van der Waals surface area contributed by atoms with Crippen LogP contribution in [0.25, 0.3) is 0 Å². The van der Waals surface area contributed by atoms with E-state index in [9.17, 15) is 18.3 Å². The number of alkyl carbamates (subject to hydrolysis) is 1. The number of carbonyl (C=O) groups excluding carboxylic acids is 1. The maximum Gasteiger partial charge on any atom is 0.407 e. The Bertz CT molecular complexity index is 933. The third-order valence-electron chi connectivity index (χ3n) is 4.27. The summed E-state index contributed by atoms with van der Waals surface area (Å²) in [5.74, 6) is 0.142. The molecule has 0 saturated heterocycles. The Morgan fingerprint density at radius 2 is 1.80 bits per heavy atom. The minimum absolute atomic E-state index is 0.0166. The van der Waals surface area contributed by atoms with E-state index in [-0.39, 0.29) is 17.3 Å². The molecular formula is C22H29NO6S. The zero-order valence-corrected chi connectivity index (χ0v) is 18.4. The molecular weight excluding hydrogens is 406 g/mol. The van der Waals surface area contributed by atoms with Crippen LogP contribution in [0.5, 0.6) is 5.75 Å². The molecule has 0 unspecified atom stereocenters. The molecule has 30 heavy (non-hydrogen) atoms. The van der Waals surface area contributed by atoms with Gasteiger partial charge in [-0.05, 0) is 69.9 Å². The number of hydrogen-bond donors (Lipinski definition) is 2. The van der Waals surface area contributed by atoms with Crippen molar-refractivity contribution in [2.24, 2.45) is 0 Å². The smallest absolute Gasteiger partial charge is 0.407 e. The molecule has 7 nitrogen and oxygen atoms in total. The molecule has 2 rings (SSSR count). The summed E-state index contributed by atoms with van der Waals surface area (Å²) >= 11 is 0. The first-order chi connectivity index (χ1) is 14.0. The van der Waals surface area contributed by atoms with E-state index in [1.54, 1.807) is 38.1 Å². The highest BCUT2D eigenvalue weighted by atomic mass is 32.2. The first-order valence-electron chi connectivity index (χ1n) is 9.78. The minimum atomic E-state index is -3.94. The van der Waals surface area contributed by atoms with Gasteiger partial charge in [0.2, 0.25) is 0 Å². The monoisotopic (exact) mass is 435 g/mol. The molecule has 0 fully saturated rings. The van der Waals surface area contributed by atoms with Crippen LogP contribution < -0.4 is 9.50 Å². The molecule has 0 radical (unpaired) electrons. The number of amides is 1. The number of carbonyl (C=O) groups is 1. The number of ether oxygens (including phenoxy) is 1. The van der Waals surface area contributed by atoms with Crippen molar-refractivity contribution in [2.45, 2.75) is 57.1 Å². The van der Waals surface area contributed by atoms with Gasteiger partial charge in [0, 0.05) is 6.54 Å². The van der Waals surface area contributed by atoms with Crippen LogP contribution in [-0.2, 0) is 21.5 Å². The SMILES string of the molecule is Cc1ccc(S(=O)(=O)Oc2cccc(COC(=O)NCCCCC(C)(C)O)c2)cc1. The first kappa shape index (κ1) is 23.7. The van der Waals surface area contributed by atoms with Gasteiger partial charge >= 0.3 is 16.2 Å². The molecule has 0 bridgehead atoms. The second-order valence-corrected chi connectivity index (χ2v) is 9.32. The Hall–Kier alpha value is -2.58. The molecule has 1 amide bonds. The quantitative estimate of drug-likeness (QED) is 0.433. The van der Waals surface area contributed by atoms with Crippen LogP contribution in [0, 0.1) is 6.92 Å². The van der Waals surface area contributed by atoms with E-state index in [1.165, 1.54) is 24.3 Å². The summed E-state index contributed by atoms with van der Waals surface area (Å²) in [5, 5.41) is 12.3. The number of rotatable bonds is 10. The van der Waals surface area contributed by atoms with E-state index in [4.69, 9.17) is 8.92 Å². The second kappa shape index (κ2) is 10.4. The lowest BCUT2D eigenvalue weighted by atomic mass is 10.0. The van der Waals surface area contributed by atoms with Crippen molar-refractivity contribution in [1.82, 2.24) is 5.32 Å². The summed E-state index contributed by atoms with van der Waals surface area (Å²) in [5.41, 5.74) is 0.841. The topological polar surface area (TPSA) is 102 Å². The van der Waals surface area contributed by atoms with Crippen molar-refractivity contribution >= 4 is 16.2 Å². The van der Waals surface area contributed by atoms with E-state index in [0.717, 1.165) is 18.4 Å². The maximum absolute atomic E-state index is 12.4. The lowest BCUT2D eigenvalue weighted by molar-refractivity contribution is 0.0682. The van der Waals surface area contributed by atoms with Gasteiger partial charge in [-0.2, -0.15) is 8.42 Å². The number of aryl methyl sites for hydroxylation is 1. The zero-order valence-electron chi connectivity index (χ0n) is 17.6. The van der Waals surface area contributed by atoms with Gasteiger partial charge in [0.1, 0.15) is 17.3 Å². The average Bonchev–Trinajstić information content (AvgIpc) is 2.65. The fourth-order valence-corrected chi connectivity index (χ4v) is 3.56. The van der Waals surface area contributed by atoms with Gasteiger partial charge in [-0.3, -0.25) is 0 Å². The number of aliphatic hydroxyl groups is 1. The Morgan fingerprint density at radius 1 is 1.10 bits per heavy atom. The molecule has 0 saturated carbocycles. The molecule has 2 aromatic carbocycles. The van der Waals surface area contributed by atoms with E-state index >= 15 is 0 Å². The Labute approximate surface area is 178 Å². The van der Waals surface area contributed by atoms with Gasteiger partial charge in [-0.25, -0.2) is 4.79 Å². The Morgan fingerprint density at radius 3 is 2.47 bits per heavy atom. The number of benzene rings is 2. The van der Waals surface area contributed by atoms with Crippen LogP contribution >= 0.6 is 0 Å². The van der Waals surface area contributed by atoms with Crippen LogP contribution in [0.1, 0.15) is 44.2 Å². The maximum atomic E-state index is 12.4. The lowest BCUT2D eigenvalue weighted by Crippen LogP contribution is -2.26. The summed E-state index contributed by atoms with van der Waals surface area (Å²) in [6.45, 7) is 5.80. The van der Waals surface area contributed by atoms with Gasteiger partial charge < -0.3 is 19.3 Å². The summed E-state index contributed by atoms with van der Waals surface area (Å²) in [6, 6.07) is 12.8. The van der Waals surface area contributed by atoms with Gasteiger partial charge in [0.15, 0.2) is 0 Å². The molecule has 0 aliphatic heterocycles. The van der Waals surface area contributed by atoms with Crippen LogP contribution in [0.4, 0.5) is 4.79 Å². The standard InChI is InChI=1S/C22H29NO6S/c1-17-9-11-20(12-10-17)30(26,27)29-19-8-6-7-18(15-19)16-28-21(24)23-14-5-4-13-22(2,3)25/h6-12,15,25H,4-5,13-14,16H2,1-3H3,(H,23,24). The van der Waals surface area contributed by atoms with Crippen molar-refractivity contribution in [1.29, 1.82) is 0 Å². The zero-order chi connectivity index (χ0) is 22.2. The molecule has 0 spiro atoms. The van der Waals surface area contributed by atoms with Crippen molar-refractivity contribution < 1.29 is 27.2 Å². The second-order valence-electron chi connectivity index (χ2n) is 7.77. The summed E-state index contributed by atoms with van der Waals surface area (Å²) in [7, 11) is -3.94. The molecule has 0 heterocycles. The Kier molecular flexibility index (Phi) is 8.25. The third-order valence-corrected chi connectivity index (χ3v) is 5.53. The fourth-order valence-electron chi connectivity index (χ4n) is 2.64. The molecule has 0 atom stereocenters. The molecule has 0 aromatic heterocycles. The van der Waals surface area contributed by atoms with Crippen molar-refractivity contribution in [3.8, 4) is 5.75 Å². The number of hydrogen-bond acceptors (Lipinski definition) is 6. The van der Waals surface area contributed by atoms with Gasteiger partial charge in [0.05, 0.1) is 5.60 Å². The van der Waals surface area contributed by atoms with Gasteiger partial charge in [-0.15, -0.1) is 0 Å². The number of unbranched alkanes of at least 4 members (excludes halogenated alkanes) is 1. The Balaban J connectivity index is 1.82. The summed E-state index contributed by atoms with van der Waals surface area (Å²) in [6.07, 6.45) is 1.62. The normalized spacial score (nSPS) is 11.7. The van der Waals surface area contributed by atoms with Crippen molar-refractivity contribution in [3.63, 3.8) is 0 Å². The molecule has 2 N–H and O–H groups in total. The highest BCUT2D eigenvalue weighted by Gasteiger charge is 2.16. The molecule has 0 aliphatic rings. The van der Waals surface area contributed by atoms with Crippen LogP contribution in [-0.4, -0.2) is 31.8 Å². The highest BCUT2D eigenvalue weighted by Crippen LogP contribution is 2.20.